The van der Waals surface area contributed by atoms with E-state index in [0.29, 0.717) is 11.4 Å². The van der Waals surface area contributed by atoms with E-state index in [1.54, 1.807) is 31.2 Å². The number of para-hydroxylation sites is 2. The molecule has 1 unspecified atom stereocenters. The summed E-state index contributed by atoms with van der Waals surface area (Å²) in [5.74, 6) is -0.295. The van der Waals surface area contributed by atoms with Crippen molar-refractivity contribution in [3.63, 3.8) is 0 Å². The minimum atomic E-state index is -0.899. The Kier molecular flexibility index (Phi) is 4.33. The number of ether oxygens (including phenoxy) is 1. The molecule has 0 aliphatic carbocycles. The van der Waals surface area contributed by atoms with Crippen molar-refractivity contribution >= 4 is 23.4 Å². The van der Waals surface area contributed by atoms with Crippen molar-refractivity contribution in [1.29, 1.82) is 0 Å². The minimum Gasteiger partial charge on any atom is -0.446 e. The van der Waals surface area contributed by atoms with Gasteiger partial charge in [0.05, 0.1) is 17.8 Å². The number of nitrogen functional groups attached to an aromatic ring is 1. The lowest BCUT2D eigenvalue weighted by molar-refractivity contribution is -0.117. The quantitative estimate of drug-likeness (QED) is 0.681. The van der Waals surface area contributed by atoms with Gasteiger partial charge in [0.15, 0.2) is 0 Å². The lowest BCUT2D eigenvalue weighted by Crippen LogP contribution is -2.25. The van der Waals surface area contributed by atoms with Crippen molar-refractivity contribution in [2.45, 2.75) is 19.4 Å². The molecular formula is C11H15N3O3. The summed E-state index contributed by atoms with van der Waals surface area (Å²) >= 11 is 0. The number of benzene rings is 1. The van der Waals surface area contributed by atoms with E-state index in [2.05, 4.69) is 10.1 Å². The molecule has 6 nitrogen and oxygen atoms in total. The molecule has 0 aliphatic rings. The molecule has 1 atom stereocenters. The average molecular weight is 237 g/mol. The number of rotatable bonds is 4. The maximum atomic E-state index is 11.6. The number of carbonyl (C=O) groups excluding carboxylic acids is 2. The first-order valence-corrected chi connectivity index (χ1v) is 5.09. The molecule has 0 bridgehead atoms. The van der Waals surface area contributed by atoms with Crippen molar-refractivity contribution in [3.05, 3.63) is 24.3 Å². The first kappa shape index (κ1) is 12.8. The van der Waals surface area contributed by atoms with Crippen LogP contribution in [-0.2, 0) is 9.53 Å². The van der Waals surface area contributed by atoms with Gasteiger partial charge in [0, 0.05) is 0 Å². The second kappa shape index (κ2) is 5.74. The van der Waals surface area contributed by atoms with Crippen LogP contribution in [-0.4, -0.2) is 18.1 Å². The fourth-order valence-corrected chi connectivity index (χ4v) is 1.31. The highest BCUT2D eigenvalue weighted by Crippen LogP contribution is 2.17. The number of nitrogens with two attached hydrogens (primary N) is 2. The van der Waals surface area contributed by atoms with Crippen molar-refractivity contribution in [2.24, 2.45) is 5.73 Å². The molecule has 0 heterocycles. The Morgan fingerprint density at radius 2 is 2.06 bits per heavy atom. The lowest BCUT2D eigenvalue weighted by atomic mass is 10.2. The van der Waals surface area contributed by atoms with Crippen LogP contribution in [0.15, 0.2) is 24.3 Å². The summed E-state index contributed by atoms with van der Waals surface area (Å²) in [5.41, 5.74) is 11.5. The van der Waals surface area contributed by atoms with Crippen LogP contribution in [0, 0.1) is 0 Å². The zero-order valence-corrected chi connectivity index (χ0v) is 9.47. The molecule has 5 N–H and O–H groups in total. The monoisotopic (exact) mass is 237 g/mol. The largest absolute Gasteiger partial charge is 0.446 e. The Morgan fingerprint density at radius 3 is 2.65 bits per heavy atom. The van der Waals surface area contributed by atoms with Crippen LogP contribution < -0.4 is 16.8 Å². The average Bonchev–Trinajstić information content (AvgIpc) is 2.19. The highest BCUT2D eigenvalue weighted by molar-refractivity contribution is 5.94. The van der Waals surface area contributed by atoms with E-state index in [9.17, 15) is 9.59 Å². The summed E-state index contributed by atoms with van der Waals surface area (Å²) in [6, 6.07) is 6.89. The van der Waals surface area contributed by atoms with Crippen LogP contribution in [0.4, 0.5) is 16.2 Å². The molecule has 0 fully saturated rings. The third kappa shape index (κ3) is 4.42. The van der Waals surface area contributed by atoms with E-state index in [4.69, 9.17) is 11.5 Å². The first-order chi connectivity index (χ1) is 7.99. The molecule has 1 aromatic carbocycles. The zero-order chi connectivity index (χ0) is 12.8. The maximum absolute atomic E-state index is 11.6. The number of hydrogen-bond donors (Lipinski definition) is 3. The molecule has 0 saturated heterocycles. The van der Waals surface area contributed by atoms with E-state index in [0.717, 1.165) is 0 Å². The SMILES string of the molecule is CC(CC(=O)Nc1ccccc1N)OC(N)=O. The summed E-state index contributed by atoms with van der Waals surface area (Å²) in [7, 11) is 0. The van der Waals surface area contributed by atoms with Crippen LogP contribution in [0.1, 0.15) is 13.3 Å². The highest BCUT2D eigenvalue weighted by atomic mass is 16.6. The predicted molar refractivity (Wildman–Crippen MR) is 64.2 cm³/mol. The van der Waals surface area contributed by atoms with Gasteiger partial charge in [0.2, 0.25) is 5.91 Å². The van der Waals surface area contributed by atoms with Gasteiger partial charge in [-0.1, -0.05) is 12.1 Å². The van der Waals surface area contributed by atoms with Crippen LogP contribution >= 0.6 is 0 Å². The van der Waals surface area contributed by atoms with E-state index in [-0.39, 0.29) is 12.3 Å². The number of anilines is 2. The summed E-state index contributed by atoms with van der Waals surface area (Å²) in [4.78, 5) is 22.0. The number of amides is 2. The van der Waals surface area contributed by atoms with Crippen molar-refractivity contribution in [2.75, 3.05) is 11.1 Å². The second-order valence-electron chi connectivity index (χ2n) is 3.59. The number of carbonyl (C=O) groups is 2. The molecule has 0 spiro atoms. The zero-order valence-electron chi connectivity index (χ0n) is 9.47. The topological polar surface area (TPSA) is 107 Å². The van der Waals surface area contributed by atoms with Gasteiger partial charge in [-0.2, -0.15) is 0 Å². The van der Waals surface area contributed by atoms with E-state index < -0.39 is 12.2 Å². The number of primary amides is 1. The molecule has 0 aromatic heterocycles. The Bertz CT molecular complexity index is 420. The Hall–Kier alpha value is -2.24. The molecular weight excluding hydrogens is 222 g/mol. The maximum Gasteiger partial charge on any atom is 0.404 e. The van der Waals surface area contributed by atoms with Gasteiger partial charge in [0.25, 0.3) is 0 Å². The van der Waals surface area contributed by atoms with Gasteiger partial charge >= 0.3 is 6.09 Å². The summed E-state index contributed by atoms with van der Waals surface area (Å²) in [6.07, 6.45) is -1.45. The lowest BCUT2D eigenvalue weighted by Gasteiger charge is -2.12. The molecule has 1 rings (SSSR count). The van der Waals surface area contributed by atoms with Crippen molar-refractivity contribution < 1.29 is 14.3 Å². The fourth-order valence-electron chi connectivity index (χ4n) is 1.31. The van der Waals surface area contributed by atoms with Crippen LogP contribution in [0.5, 0.6) is 0 Å². The molecule has 1 aromatic rings. The Balaban J connectivity index is 2.50. The summed E-state index contributed by atoms with van der Waals surface area (Å²) in [6.45, 7) is 1.58. The summed E-state index contributed by atoms with van der Waals surface area (Å²) in [5, 5.41) is 2.62. The standard InChI is InChI=1S/C11H15N3O3/c1-7(17-11(13)16)6-10(15)14-9-5-3-2-4-8(9)12/h2-5,7H,6,12H2,1H3,(H2,13,16)(H,14,15). The molecule has 2 amide bonds. The van der Waals surface area contributed by atoms with E-state index in [1.165, 1.54) is 0 Å². The molecule has 17 heavy (non-hydrogen) atoms. The van der Waals surface area contributed by atoms with Gasteiger partial charge in [-0.15, -0.1) is 0 Å². The highest BCUT2D eigenvalue weighted by Gasteiger charge is 2.12. The van der Waals surface area contributed by atoms with Crippen LogP contribution in [0.2, 0.25) is 0 Å². The number of hydrogen-bond acceptors (Lipinski definition) is 4. The molecule has 0 saturated carbocycles. The van der Waals surface area contributed by atoms with Gasteiger partial charge in [0.1, 0.15) is 6.10 Å². The van der Waals surface area contributed by atoms with E-state index >= 15 is 0 Å². The summed E-state index contributed by atoms with van der Waals surface area (Å²) < 4.78 is 4.64. The van der Waals surface area contributed by atoms with Crippen molar-refractivity contribution in [3.8, 4) is 0 Å². The van der Waals surface area contributed by atoms with Gasteiger partial charge in [-0.3, -0.25) is 4.79 Å². The second-order valence-corrected chi connectivity index (χ2v) is 3.59. The Labute approximate surface area is 98.9 Å². The molecule has 92 valence electrons. The fraction of sp³-hybridized carbons (Fsp3) is 0.273. The van der Waals surface area contributed by atoms with E-state index in [1.807, 2.05) is 0 Å². The molecule has 6 heteroatoms. The van der Waals surface area contributed by atoms with Gasteiger partial charge in [-0.05, 0) is 19.1 Å². The number of nitrogens with one attached hydrogen (secondary N) is 1. The Morgan fingerprint density at radius 1 is 1.41 bits per heavy atom. The molecule has 0 radical (unpaired) electrons. The van der Waals surface area contributed by atoms with Crippen LogP contribution in [0.25, 0.3) is 0 Å². The third-order valence-corrected chi connectivity index (χ3v) is 2.03. The predicted octanol–water partition coefficient (Wildman–Crippen LogP) is 1.08. The van der Waals surface area contributed by atoms with Crippen LogP contribution in [0.3, 0.4) is 0 Å². The van der Waals surface area contributed by atoms with Gasteiger partial charge < -0.3 is 21.5 Å². The first-order valence-electron chi connectivity index (χ1n) is 5.09. The third-order valence-electron chi connectivity index (χ3n) is 2.03. The minimum absolute atomic E-state index is 0.0251. The smallest absolute Gasteiger partial charge is 0.404 e. The normalized spacial score (nSPS) is 11.6. The van der Waals surface area contributed by atoms with Gasteiger partial charge in [-0.25, -0.2) is 4.79 Å². The molecule has 0 aliphatic heterocycles. The van der Waals surface area contributed by atoms with Crippen molar-refractivity contribution in [1.82, 2.24) is 0 Å².